The third-order valence-corrected chi connectivity index (χ3v) is 3.73. The Morgan fingerprint density at radius 3 is 2.35 bits per heavy atom. The summed E-state index contributed by atoms with van der Waals surface area (Å²) in [4.78, 5) is 0. The van der Waals surface area contributed by atoms with Gasteiger partial charge in [-0.1, -0.05) is 23.2 Å². The topological polar surface area (TPSA) is 38.0 Å². The van der Waals surface area contributed by atoms with Gasteiger partial charge < -0.3 is 11.1 Å². The summed E-state index contributed by atoms with van der Waals surface area (Å²) in [7, 11) is 0. The van der Waals surface area contributed by atoms with Crippen molar-refractivity contribution in [1.82, 2.24) is 5.32 Å². The fourth-order valence-corrected chi connectivity index (χ4v) is 2.68. The maximum atomic E-state index is 5.96. The number of nitrogens with one attached hydrogen (secondary N) is 1. The van der Waals surface area contributed by atoms with E-state index in [1.54, 1.807) is 11.3 Å². The van der Waals surface area contributed by atoms with E-state index in [4.69, 9.17) is 28.9 Å². The molecule has 0 atom stereocenters. The van der Waals surface area contributed by atoms with E-state index in [0.717, 1.165) is 18.7 Å². The number of halogens is 2. The van der Waals surface area contributed by atoms with Crippen molar-refractivity contribution in [1.29, 1.82) is 0 Å². The molecule has 0 amide bonds. The molecule has 17 heavy (non-hydrogen) atoms. The van der Waals surface area contributed by atoms with Gasteiger partial charge in [0.25, 0.3) is 0 Å². The lowest BCUT2D eigenvalue weighted by molar-refractivity contribution is 0.695. The smallest absolute Gasteiger partial charge is 0.0693 e. The number of rotatable bonds is 4. The predicted octanol–water partition coefficient (Wildman–Crippen LogP) is 3.93. The van der Waals surface area contributed by atoms with E-state index in [1.807, 2.05) is 12.1 Å². The molecule has 0 radical (unpaired) electrons. The van der Waals surface area contributed by atoms with Crippen molar-refractivity contribution in [2.24, 2.45) is 0 Å². The number of thiophene rings is 1. The SMILES string of the molecule is Nc1c(Cl)cc(CNCc2ccsc2)cc1Cl. The molecular formula is C12H12Cl2N2S. The maximum Gasteiger partial charge on any atom is 0.0693 e. The molecular weight excluding hydrogens is 275 g/mol. The molecule has 2 nitrogen and oxygen atoms in total. The van der Waals surface area contributed by atoms with Crippen molar-refractivity contribution >= 4 is 40.2 Å². The molecule has 0 aliphatic heterocycles. The number of hydrogen-bond donors (Lipinski definition) is 2. The molecule has 0 bridgehead atoms. The lowest BCUT2D eigenvalue weighted by Crippen LogP contribution is -2.12. The van der Waals surface area contributed by atoms with E-state index in [2.05, 4.69) is 22.1 Å². The lowest BCUT2D eigenvalue weighted by Gasteiger charge is -2.07. The van der Waals surface area contributed by atoms with E-state index in [1.165, 1.54) is 5.56 Å². The standard InChI is InChI=1S/C12H12Cl2N2S/c13-10-3-9(4-11(14)12(10)15)6-16-5-8-1-2-17-7-8/h1-4,7,16H,5-6,15H2. The van der Waals surface area contributed by atoms with Gasteiger partial charge in [0.15, 0.2) is 0 Å². The number of nitrogen functional groups attached to an aromatic ring is 1. The van der Waals surface area contributed by atoms with Gasteiger partial charge in [-0.3, -0.25) is 0 Å². The highest BCUT2D eigenvalue weighted by Gasteiger charge is 2.04. The van der Waals surface area contributed by atoms with Crippen molar-refractivity contribution in [3.63, 3.8) is 0 Å². The summed E-state index contributed by atoms with van der Waals surface area (Å²) in [5.74, 6) is 0. The minimum Gasteiger partial charge on any atom is -0.396 e. The molecule has 0 unspecified atom stereocenters. The first kappa shape index (κ1) is 12.7. The van der Waals surface area contributed by atoms with Crippen molar-refractivity contribution in [3.05, 3.63) is 50.1 Å². The van der Waals surface area contributed by atoms with Crippen LogP contribution < -0.4 is 11.1 Å². The molecule has 1 aromatic heterocycles. The summed E-state index contributed by atoms with van der Waals surface area (Å²) in [6.45, 7) is 1.55. The van der Waals surface area contributed by atoms with Crippen molar-refractivity contribution in [3.8, 4) is 0 Å². The van der Waals surface area contributed by atoms with Crippen LogP contribution in [0.2, 0.25) is 10.0 Å². The normalized spacial score (nSPS) is 10.7. The third kappa shape index (κ3) is 3.36. The number of hydrogen-bond acceptors (Lipinski definition) is 3. The molecule has 0 spiro atoms. The van der Waals surface area contributed by atoms with E-state index < -0.39 is 0 Å². The Kier molecular flexibility index (Phi) is 4.29. The first-order chi connectivity index (χ1) is 8.16. The van der Waals surface area contributed by atoms with E-state index >= 15 is 0 Å². The Bertz CT molecular complexity index is 474. The Morgan fingerprint density at radius 1 is 1.12 bits per heavy atom. The molecule has 0 aliphatic rings. The predicted molar refractivity (Wildman–Crippen MR) is 75.7 cm³/mol. The molecule has 0 fully saturated rings. The Hall–Kier alpha value is -0.740. The van der Waals surface area contributed by atoms with E-state index in [0.29, 0.717) is 15.7 Å². The molecule has 90 valence electrons. The minimum absolute atomic E-state index is 0.440. The Morgan fingerprint density at radius 2 is 1.76 bits per heavy atom. The van der Waals surface area contributed by atoms with Gasteiger partial charge in [0, 0.05) is 13.1 Å². The zero-order valence-corrected chi connectivity index (χ0v) is 11.4. The zero-order chi connectivity index (χ0) is 12.3. The van der Waals surface area contributed by atoms with Crippen molar-refractivity contribution in [2.75, 3.05) is 5.73 Å². The molecule has 2 aromatic rings. The van der Waals surface area contributed by atoms with Gasteiger partial charge in [-0.15, -0.1) is 0 Å². The second-order valence-corrected chi connectivity index (χ2v) is 5.30. The summed E-state index contributed by atoms with van der Waals surface area (Å²) >= 11 is 13.6. The highest BCUT2D eigenvalue weighted by molar-refractivity contribution is 7.07. The van der Waals surface area contributed by atoms with E-state index in [-0.39, 0.29) is 0 Å². The average molecular weight is 287 g/mol. The minimum atomic E-state index is 0.440. The van der Waals surface area contributed by atoms with Gasteiger partial charge in [0.1, 0.15) is 0 Å². The molecule has 0 saturated heterocycles. The fraction of sp³-hybridized carbons (Fsp3) is 0.167. The number of nitrogens with two attached hydrogens (primary N) is 1. The highest BCUT2D eigenvalue weighted by Crippen LogP contribution is 2.28. The maximum absolute atomic E-state index is 5.96. The first-order valence-corrected chi connectivity index (χ1v) is 6.82. The fourth-order valence-electron chi connectivity index (χ4n) is 1.48. The van der Waals surface area contributed by atoms with Crippen LogP contribution in [0.15, 0.2) is 29.0 Å². The third-order valence-electron chi connectivity index (χ3n) is 2.38. The first-order valence-electron chi connectivity index (χ1n) is 5.12. The molecule has 1 aromatic carbocycles. The zero-order valence-electron chi connectivity index (χ0n) is 9.04. The van der Waals surface area contributed by atoms with Crippen LogP contribution in [0.4, 0.5) is 5.69 Å². The van der Waals surface area contributed by atoms with Crippen LogP contribution in [-0.4, -0.2) is 0 Å². The average Bonchev–Trinajstić information content (AvgIpc) is 2.79. The number of benzene rings is 1. The highest BCUT2D eigenvalue weighted by atomic mass is 35.5. The summed E-state index contributed by atoms with van der Waals surface area (Å²) in [5.41, 5.74) is 8.43. The van der Waals surface area contributed by atoms with Crippen LogP contribution in [0.25, 0.3) is 0 Å². The van der Waals surface area contributed by atoms with Gasteiger partial charge in [0.2, 0.25) is 0 Å². The van der Waals surface area contributed by atoms with Crippen molar-refractivity contribution in [2.45, 2.75) is 13.1 Å². The molecule has 5 heteroatoms. The van der Waals surface area contributed by atoms with E-state index in [9.17, 15) is 0 Å². The van der Waals surface area contributed by atoms with Gasteiger partial charge in [-0.2, -0.15) is 11.3 Å². The van der Waals surface area contributed by atoms with Crippen LogP contribution in [0.1, 0.15) is 11.1 Å². The number of anilines is 1. The molecule has 0 aliphatic carbocycles. The van der Waals surface area contributed by atoms with Gasteiger partial charge in [-0.25, -0.2) is 0 Å². The van der Waals surface area contributed by atoms with Crippen LogP contribution >= 0.6 is 34.5 Å². The Labute approximate surface area is 114 Å². The van der Waals surface area contributed by atoms with Crippen LogP contribution in [0.3, 0.4) is 0 Å². The Balaban J connectivity index is 1.95. The van der Waals surface area contributed by atoms with Crippen LogP contribution in [-0.2, 0) is 13.1 Å². The molecule has 2 rings (SSSR count). The monoisotopic (exact) mass is 286 g/mol. The van der Waals surface area contributed by atoms with Gasteiger partial charge in [0.05, 0.1) is 15.7 Å². The second kappa shape index (κ2) is 5.74. The summed E-state index contributed by atoms with van der Waals surface area (Å²) in [6, 6.07) is 5.77. The summed E-state index contributed by atoms with van der Waals surface area (Å²) in [6.07, 6.45) is 0. The lowest BCUT2D eigenvalue weighted by atomic mass is 10.2. The summed E-state index contributed by atoms with van der Waals surface area (Å²) < 4.78 is 0. The van der Waals surface area contributed by atoms with Gasteiger partial charge in [-0.05, 0) is 40.1 Å². The van der Waals surface area contributed by atoms with Crippen LogP contribution in [0.5, 0.6) is 0 Å². The molecule has 0 saturated carbocycles. The van der Waals surface area contributed by atoms with Crippen molar-refractivity contribution < 1.29 is 0 Å². The van der Waals surface area contributed by atoms with Crippen LogP contribution in [0, 0.1) is 0 Å². The molecule has 1 heterocycles. The largest absolute Gasteiger partial charge is 0.396 e. The van der Waals surface area contributed by atoms with Gasteiger partial charge >= 0.3 is 0 Å². The summed E-state index contributed by atoms with van der Waals surface area (Å²) in [5, 5.41) is 8.52. The quantitative estimate of drug-likeness (QED) is 0.836. The molecule has 3 N–H and O–H groups in total. The second-order valence-electron chi connectivity index (χ2n) is 3.71.